The Labute approximate surface area is 164 Å². The van der Waals surface area contributed by atoms with Crippen LogP contribution in [0, 0.1) is 0 Å². The molecule has 3 atom stereocenters. The van der Waals surface area contributed by atoms with Gasteiger partial charge in [0.2, 0.25) is 20.2 Å². The minimum absolute atomic E-state index is 0.238. The zero-order chi connectivity index (χ0) is 23.7. The smallest absolute Gasteiger partial charge is 0.293 e. The van der Waals surface area contributed by atoms with Crippen molar-refractivity contribution in [1.82, 2.24) is 8.61 Å². The van der Waals surface area contributed by atoms with Gasteiger partial charge in [-0.3, -0.25) is 4.55 Å². The average Bonchev–Trinajstić information content (AvgIpc) is 2.49. The number of hydrogen-bond donors (Lipinski definition) is 1. The monoisotopic (exact) mass is 521 g/mol. The maximum Gasteiger partial charge on any atom is 0.519 e. The lowest BCUT2D eigenvalue weighted by Crippen LogP contribution is -2.33. The Kier molecular flexibility index (Phi) is 8.56. The molecule has 0 aromatic carbocycles. The maximum atomic E-state index is 12.8. The molecule has 0 radical (unpaired) electrons. The lowest BCUT2D eigenvalue weighted by molar-refractivity contribution is -0.0468. The number of nitrogens with zero attached hydrogens (tertiary/aromatic N) is 5. The van der Waals surface area contributed by atoms with E-state index in [2.05, 4.69) is 11.3 Å². The lowest BCUT2D eigenvalue weighted by atomic mass is 10.8. The van der Waals surface area contributed by atoms with Crippen molar-refractivity contribution in [3.8, 4) is 0 Å². The van der Waals surface area contributed by atoms with Gasteiger partial charge in [-0.25, -0.2) is 21.2 Å². The summed E-state index contributed by atoms with van der Waals surface area (Å²) in [7, 11) is -21.8. The molecule has 176 valence electrons. The van der Waals surface area contributed by atoms with Crippen LogP contribution in [0.5, 0.6) is 0 Å². The van der Waals surface area contributed by atoms with Crippen molar-refractivity contribution in [3.63, 3.8) is 0 Å². The van der Waals surface area contributed by atoms with Crippen LogP contribution >= 0.6 is 0 Å². The van der Waals surface area contributed by atoms with Gasteiger partial charge in [0.1, 0.15) is 0 Å². The molecule has 0 aliphatic heterocycles. The molecular weight excluding hydrogens is 504 g/mol. The summed E-state index contributed by atoms with van der Waals surface area (Å²) < 4.78 is 152. The van der Waals surface area contributed by atoms with Gasteiger partial charge < -0.3 is 0 Å². The normalized spacial score (nSPS) is 19.9. The molecule has 0 saturated heterocycles. The Hall–Kier alpha value is -0.740. The molecule has 21 heteroatoms. The second-order valence-electron chi connectivity index (χ2n) is 4.91. The van der Waals surface area contributed by atoms with Crippen molar-refractivity contribution in [2.75, 3.05) is 27.2 Å². The molecule has 0 aliphatic rings. The third-order valence-corrected chi connectivity index (χ3v) is 10.9. The van der Waals surface area contributed by atoms with Gasteiger partial charge in [-0.15, -0.1) is 0 Å². The fourth-order valence-electron chi connectivity index (χ4n) is 1.06. The van der Waals surface area contributed by atoms with E-state index in [1.165, 1.54) is 0 Å². The van der Waals surface area contributed by atoms with E-state index in [9.17, 15) is 47.4 Å². The van der Waals surface area contributed by atoms with E-state index in [1.807, 2.05) is 0 Å². The zero-order valence-electron chi connectivity index (χ0n) is 15.0. The van der Waals surface area contributed by atoms with Crippen molar-refractivity contribution in [3.05, 3.63) is 0 Å². The Balaban J connectivity index is 7.56. The predicted octanol–water partition coefficient (Wildman–Crippen LogP) is 1.80. The van der Waals surface area contributed by atoms with Gasteiger partial charge in [0, 0.05) is 27.2 Å². The minimum Gasteiger partial charge on any atom is -0.293 e. The first-order chi connectivity index (χ1) is 12.6. The number of sulfonamides is 1. The fraction of sp³-hybridized carbons (Fsp3) is 1.00. The predicted molar refractivity (Wildman–Crippen MR) is 92.0 cm³/mol. The van der Waals surface area contributed by atoms with Gasteiger partial charge in [-0.1, -0.05) is 25.2 Å². The molecule has 0 fully saturated rings. The van der Waals surface area contributed by atoms with Gasteiger partial charge in [-0.2, -0.15) is 34.8 Å². The summed E-state index contributed by atoms with van der Waals surface area (Å²) in [5, 5.41) is 0. The maximum absolute atomic E-state index is 12.8. The third-order valence-electron chi connectivity index (χ3n) is 2.88. The van der Waals surface area contributed by atoms with Crippen LogP contribution in [-0.2, 0) is 40.2 Å². The van der Waals surface area contributed by atoms with Gasteiger partial charge in [0.05, 0.1) is 0 Å². The largest absolute Gasteiger partial charge is 0.519 e. The molecule has 0 heterocycles. The summed E-state index contributed by atoms with van der Waals surface area (Å²) in [6.07, 6.45) is 0. The van der Waals surface area contributed by atoms with Gasteiger partial charge in [0.25, 0.3) is 10.0 Å². The van der Waals surface area contributed by atoms with E-state index in [1.54, 1.807) is 0 Å². The lowest BCUT2D eigenvalue weighted by Gasteiger charge is -2.21. The highest BCUT2D eigenvalue weighted by Crippen LogP contribution is 2.29. The SMILES string of the molecule is CCN(C)S(=O)(=NS(=O)(=O)C(F)(F)F)N=S(=O)(N=S(=O)(O)C(F)(F)F)N(C)CC. The van der Waals surface area contributed by atoms with Crippen molar-refractivity contribution in [1.29, 1.82) is 0 Å². The number of rotatable bonds is 7. The first-order valence-electron chi connectivity index (χ1n) is 6.96. The fourth-order valence-corrected chi connectivity index (χ4v) is 8.03. The first-order valence-corrected chi connectivity index (χ1v) is 12.7. The summed E-state index contributed by atoms with van der Waals surface area (Å²) in [5.41, 5.74) is -12.0. The molecule has 0 aliphatic carbocycles. The highest BCUT2D eigenvalue weighted by atomic mass is 32.3. The average molecular weight is 522 g/mol. The standard InChI is InChI=1S/C8H17F6N5O6S4/c1-5-18(3)28(24,15-26(20,21)7(9,10)11)17-29(25,19(4)6-2)16-27(22,23)8(12,13)14/h5-6H2,1-4H3,(H,15,16,17,20,21,24,25). The molecule has 0 aromatic heterocycles. The van der Waals surface area contributed by atoms with E-state index in [0.29, 0.717) is 7.05 Å². The first kappa shape index (κ1) is 28.3. The molecule has 11 nitrogen and oxygen atoms in total. The molecule has 3 unspecified atom stereocenters. The molecule has 0 rings (SSSR count). The Morgan fingerprint density at radius 3 is 1.34 bits per heavy atom. The molecular formula is C8H17F6N5O6S4. The van der Waals surface area contributed by atoms with Crippen molar-refractivity contribution >= 4 is 40.2 Å². The van der Waals surface area contributed by atoms with E-state index in [-0.39, 0.29) is 8.61 Å². The van der Waals surface area contributed by atoms with Crippen LogP contribution in [0.1, 0.15) is 13.8 Å². The van der Waals surface area contributed by atoms with E-state index >= 15 is 0 Å². The van der Waals surface area contributed by atoms with Crippen LogP contribution < -0.4 is 0 Å². The van der Waals surface area contributed by atoms with E-state index < -0.39 is 64.3 Å². The van der Waals surface area contributed by atoms with Crippen molar-refractivity contribution < 1.29 is 51.9 Å². The Bertz CT molecular complexity index is 1070. The highest BCUT2D eigenvalue weighted by molar-refractivity contribution is 8.08. The molecule has 0 amide bonds. The van der Waals surface area contributed by atoms with Crippen LogP contribution in [0.15, 0.2) is 11.3 Å². The molecule has 0 aromatic rings. The second kappa shape index (κ2) is 8.78. The minimum atomic E-state index is -6.52. The number of hydrogen-bond acceptors (Lipinski definition) is 5. The van der Waals surface area contributed by atoms with Crippen LogP contribution in [0.4, 0.5) is 26.3 Å². The Morgan fingerprint density at radius 2 is 1.07 bits per heavy atom. The molecule has 1 N–H and O–H groups in total. The summed E-state index contributed by atoms with van der Waals surface area (Å²) >= 11 is 0. The quantitative estimate of drug-likeness (QED) is 0.505. The summed E-state index contributed by atoms with van der Waals surface area (Å²) in [5.74, 6) is 0. The number of alkyl halides is 6. The van der Waals surface area contributed by atoms with Gasteiger partial charge in [0.15, 0.2) is 0 Å². The second-order valence-corrected chi connectivity index (χ2v) is 12.7. The topological polar surface area (TPSA) is 149 Å². The van der Waals surface area contributed by atoms with E-state index in [4.69, 9.17) is 4.55 Å². The summed E-state index contributed by atoms with van der Waals surface area (Å²) in [6, 6.07) is 0. The van der Waals surface area contributed by atoms with Crippen molar-refractivity contribution in [2.24, 2.45) is 11.3 Å². The molecule has 0 saturated carbocycles. The van der Waals surface area contributed by atoms with Crippen LogP contribution in [0.2, 0.25) is 0 Å². The molecule has 0 bridgehead atoms. The van der Waals surface area contributed by atoms with Crippen LogP contribution in [0.3, 0.4) is 0 Å². The zero-order valence-corrected chi connectivity index (χ0v) is 18.3. The highest BCUT2D eigenvalue weighted by Gasteiger charge is 2.48. The number of halogens is 6. The van der Waals surface area contributed by atoms with Crippen molar-refractivity contribution in [2.45, 2.75) is 24.9 Å². The van der Waals surface area contributed by atoms with Gasteiger partial charge >= 0.3 is 21.0 Å². The summed E-state index contributed by atoms with van der Waals surface area (Å²) in [4.78, 5) is 0. The molecule has 0 spiro atoms. The third kappa shape index (κ3) is 6.62. The van der Waals surface area contributed by atoms with Crippen LogP contribution in [-0.4, -0.2) is 72.4 Å². The Morgan fingerprint density at radius 1 is 0.724 bits per heavy atom. The summed E-state index contributed by atoms with van der Waals surface area (Å²) in [6.45, 7) is 1.21. The van der Waals surface area contributed by atoms with Crippen LogP contribution in [0.25, 0.3) is 0 Å². The van der Waals surface area contributed by atoms with E-state index in [0.717, 1.165) is 20.9 Å². The van der Waals surface area contributed by atoms with Gasteiger partial charge in [-0.05, 0) is 0 Å². The molecule has 29 heavy (non-hydrogen) atoms.